The minimum Gasteiger partial charge on any atom is -0.435 e. The lowest BCUT2D eigenvalue weighted by Gasteiger charge is -2.16. The van der Waals surface area contributed by atoms with E-state index in [2.05, 4.69) is 11.7 Å². The summed E-state index contributed by atoms with van der Waals surface area (Å²) >= 11 is 0. The number of rotatable bonds is 7. The van der Waals surface area contributed by atoms with E-state index in [1.54, 1.807) is 24.1 Å². The third-order valence-corrected chi connectivity index (χ3v) is 2.78. The first-order valence-electron chi connectivity index (χ1n) is 6.30. The molecule has 0 fully saturated rings. The monoisotopic (exact) mass is 271 g/mol. The summed E-state index contributed by atoms with van der Waals surface area (Å²) < 4.78 is 28.2. The summed E-state index contributed by atoms with van der Waals surface area (Å²) in [5, 5.41) is 0. The Hall–Kier alpha value is -1.65. The molecule has 0 spiro atoms. The van der Waals surface area contributed by atoms with E-state index < -0.39 is 6.61 Å². The van der Waals surface area contributed by atoms with Gasteiger partial charge in [-0.05, 0) is 24.1 Å². The molecule has 0 N–H and O–H groups in total. The predicted octanol–water partition coefficient (Wildman–Crippen LogP) is 3.09. The molecule has 1 rings (SSSR count). The highest BCUT2D eigenvalue weighted by Gasteiger charge is 2.09. The fourth-order valence-corrected chi connectivity index (χ4v) is 1.62. The molecule has 0 unspecified atom stereocenters. The molecular formula is C14H19F2NO2. The Bertz CT molecular complexity index is 393. The number of nitrogens with zero attached hydrogens (tertiary/aromatic N) is 1. The Balaban J connectivity index is 2.50. The van der Waals surface area contributed by atoms with Crippen molar-refractivity contribution in [1.29, 1.82) is 0 Å². The zero-order chi connectivity index (χ0) is 14.3. The van der Waals surface area contributed by atoms with Gasteiger partial charge in [0, 0.05) is 13.6 Å². The van der Waals surface area contributed by atoms with Crippen molar-refractivity contribution in [2.75, 3.05) is 13.6 Å². The van der Waals surface area contributed by atoms with Crippen molar-refractivity contribution < 1.29 is 18.3 Å². The van der Waals surface area contributed by atoms with Gasteiger partial charge in [0.05, 0.1) is 6.42 Å². The van der Waals surface area contributed by atoms with Crippen LogP contribution in [0.4, 0.5) is 8.78 Å². The van der Waals surface area contributed by atoms with E-state index in [-0.39, 0.29) is 18.1 Å². The number of likely N-dealkylation sites (N-methyl/N-ethyl adjacent to an activating group) is 1. The lowest BCUT2D eigenvalue weighted by Crippen LogP contribution is -2.29. The van der Waals surface area contributed by atoms with Crippen LogP contribution in [0.5, 0.6) is 5.75 Å². The molecule has 0 saturated heterocycles. The van der Waals surface area contributed by atoms with Crippen LogP contribution in [0.3, 0.4) is 0 Å². The number of amides is 1. The van der Waals surface area contributed by atoms with Crippen molar-refractivity contribution in [3.63, 3.8) is 0 Å². The molecule has 1 aromatic rings. The molecule has 3 nitrogen and oxygen atoms in total. The van der Waals surface area contributed by atoms with Gasteiger partial charge in [0.15, 0.2) is 0 Å². The Morgan fingerprint density at radius 3 is 2.47 bits per heavy atom. The number of hydrogen-bond acceptors (Lipinski definition) is 2. The molecule has 0 atom stereocenters. The molecule has 0 heterocycles. The molecule has 106 valence electrons. The largest absolute Gasteiger partial charge is 0.435 e. The van der Waals surface area contributed by atoms with E-state index in [0.717, 1.165) is 24.9 Å². The summed E-state index contributed by atoms with van der Waals surface area (Å²) in [6, 6.07) is 6.15. The maximum atomic E-state index is 12.0. The predicted molar refractivity (Wildman–Crippen MR) is 69.3 cm³/mol. The van der Waals surface area contributed by atoms with Crippen molar-refractivity contribution in [2.24, 2.45) is 0 Å². The van der Waals surface area contributed by atoms with Gasteiger partial charge in [-0.3, -0.25) is 4.79 Å². The average molecular weight is 271 g/mol. The lowest BCUT2D eigenvalue weighted by molar-refractivity contribution is -0.129. The van der Waals surface area contributed by atoms with Gasteiger partial charge >= 0.3 is 6.61 Å². The molecule has 0 radical (unpaired) electrons. The molecule has 0 aliphatic rings. The second kappa shape index (κ2) is 7.71. The number of carbonyl (C=O) groups excluding carboxylic acids is 1. The number of halogens is 2. The van der Waals surface area contributed by atoms with Gasteiger partial charge in [-0.1, -0.05) is 25.5 Å². The van der Waals surface area contributed by atoms with Crippen molar-refractivity contribution in [2.45, 2.75) is 32.8 Å². The zero-order valence-electron chi connectivity index (χ0n) is 11.2. The first-order chi connectivity index (χ1) is 9.02. The minimum atomic E-state index is -2.83. The molecule has 0 aliphatic heterocycles. The molecule has 5 heteroatoms. The minimum absolute atomic E-state index is 0.0241. The van der Waals surface area contributed by atoms with Crippen LogP contribution in [-0.2, 0) is 11.2 Å². The Labute approximate surface area is 112 Å². The van der Waals surface area contributed by atoms with Crippen LogP contribution >= 0.6 is 0 Å². The standard InChI is InChI=1S/C14H19F2NO2/c1-3-4-9-17(2)13(18)10-11-5-7-12(8-6-11)19-14(15)16/h5-8,14H,3-4,9-10H2,1-2H3. The van der Waals surface area contributed by atoms with Gasteiger partial charge in [-0.2, -0.15) is 8.78 Å². The maximum Gasteiger partial charge on any atom is 0.387 e. The van der Waals surface area contributed by atoms with Crippen LogP contribution < -0.4 is 4.74 Å². The molecule has 1 amide bonds. The van der Waals surface area contributed by atoms with Crippen molar-refractivity contribution >= 4 is 5.91 Å². The molecule has 0 saturated carbocycles. The van der Waals surface area contributed by atoms with E-state index in [1.165, 1.54) is 12.1 Å². The maximum absolute atomic E-state index is 12.0. The van der Waals surface area contributed by atoms with Crippen LogP contribution in [0, 0.1) is 0 Å². The molecule has 0 aromatic heterocycles. The Kier molecular flexibility index (Phi) is 6.25. The zero-order valence-corrected chi connectivity index (χ0v) is 11.2. The van der Waals surface area contributed by atoms with Crippen LogP contribution in [0.15, 0.2) is 24.3 Å². The van der Waals surface area contributed by atoms with E-state index in [0.29, 0.717) is 0 Å². The van der Waals surface area contributed by atoms with Crippen LogP contribution in [0.1, 0.15) is 25.3 Å². The highest BCUT2D eigenvalue weighted by atomic mass is 19.3. The SMILES string of the molecule is CCCCN(C)C(=O)Cc1ccc(OC(F)F)cc1. The second-order valence-electron chi connectivity index (χ2n) is 4.37. The van der Waals surface area contributed by atoms with Crippen LogP contribution in [-0.4, -0.2) is 31.0 Å². The van der Waals surface area contributed by atoms with Crippen molar-refractivity contribution in [3.05, 3.63) is 29.8 Å². The third-order valence-electron chi connectivity index (χ3n) is 2.78. The average Bonchev–Trinajstić information content (AvgIpc) is 2.37. The quantitative estimate of drug-likeness (QED) is 0.762. The smallest absolute Gasteiger partial charge is 0.387 e. The number of benzene rings is 1. The summed E-state index contributed by atoms with van der Waals surface area (Å²) in [5.41, 5.74) is 0.787. The van der Waals surface area contributed by atoms with Gasteiger partial charge in [0.2, 0.25) is 5.91 Å². The van der Waals surface area contributed by atoms with Gasteiger partial charge in [0.1, 0.15) is 5.75 Å². The number of unbranched alkanes of at least 4 members (excludes halogenated alkanes) is 1. The highest BCUT2D eigenvalue weighted by Crippen LogP contribution is 2.15. The van der Waals surface area contributed by atoms with E-state index in [9.17, 15) is 13.6 Å². The lowest BCUT2D eigenvalue weighted by atomic mass is 10.1. The van der Waals surface area contributed by atoms with Gasteiger partial charge < -0.3 is 9.64 Å². The van der Waals surface area contributed by atoms with Gasteiger partial charge in [0.25, 0.3) is 0 Å². The van der Waals surface area contributed by atoms with Crippen LogP contribution in [0.25, 0.3) is 0 Å². The first kappa shape index (κ1) is 15.4. The fourth-order valence-electron chi connectivity index (χ4n) is 1.62. The topological polar surface area (TPSA) is 29.5 Å². The van der Waals surface area contributed by atoms with E-state index in [1.807, 2.05) is 0 Å². The summed E-state index contributed by atoms with van der Waals surface area (Å²) in [6.07, 6.45) is 2.29. The first-order valence-corrected chi connectivity index (χ1v) is 6.30. The molecule has 19 heavy (non-hydrogen) atoms. The number of alkyl halides is 2. The molecular weight excluding hydrogens is 252 g/mol. The normalized spacial score (nSPS) is 10.6. The second-order valence-corrected chi connectivity index (χ2v) is 4.37. The van der Waals surface area contributed by atoms with Crippen LogP contribution in [0.2, 0.25) is 0 Å². The number of hydrogen-bond donors (Lipinski definition) is 0. The van der Waals surface area contributed by atoms with Gasteiger partial charge in [-0.15, -0.1) is 0 Å². The summed E-state index contributed by atoms with van der Waals surface area (Å²) in [6.45, 7) is -0.0187. The van der Waals surface area contributed by atoms with Crippen molar-refractivity contribution in [3.8, 4) is 5.75 Å². The molecule has 1 aromatic carbocycles. The summed E-state index contributed by atoms with van der Waals surface area (Å²) in [5.74, 6) is 0.126. The van der Waals surface area contributed by atoms with Gasteiger partial charge in [-0.25, -0.2) is 0 Å². The van der Waals surface area contributed by atoms with E-state index in [4.69, 9.17) is 0 Å². The molecule has 0 aliphatic carbocycles. The molecule has 0 bridgehead atoms. The Morgan fingerprint density at radius 1 is 1.32 bits per heavy atom. The van der Waals surface area contributed by atoms with E-state index >= 15 is 0 Å². The highest BCUT2D eigenvalue weighted by molar-refractivity contribution is 5.78. The summed E-state index contributed by atoms with van der Waals surface area (Å²) in [4.78, 5) is 13.5. The number of ether oxygens (including phenoxy) is 1. The summed E-state index contributed by atoms with van der Waals surface area (Å²) in [7, 11) is 1.77. The fraction of sp³-hybridized carbons (Fsp3) is 0.500. The Morgan fingerprint density at radius 2 is 1.95 bits per heavy atom. The van der Waals surface area contributed by atoms with Crippen molar-refractivity contribution in [1.82, 2.24) is 4.90 Å². The number of carbonyl (C=O) groups is 1. The third kappa shape index (κ3) is 5.68.